The first-order valence-corrected chi connectivity index (χ1v) is 10.2. The van der Waals surface area contributed by atoms with Crippen LogP contribution >= 0.6 is 11.6 Å². The van der Waals surface area contributed by atoms with Crippen LogP contribution in [-0.4, -0.2) is 16.1 Å². The molecule has 0 aliphatic rings. The molecule has 0 unspecified atom stereocenters. The van der Waals surface area contributed by atoms with Crippen molar-refractivity contribution < 1.29 is 19.4 Å². The Labute approximate surface area is 186 Å². The van der Waals surface area contributed by atoms with E-state index in [1.165, 1.54) is 5.56 Å². The minimum absolute atomic E-state index is 0.270. The number of benzene rings is 2. The van der Waals surface area contributed by atoms with Gasteiger partial charge in [-0.3, -0.25) is 0 Å². The molecular weight excluding hydrogens is 414 g/mol. The number of aromatic nitrogens is 1. The highest BCUT2D eigenvalue weighted by Crippen LogP contribution is 2.35. The van der Waals surface area contributed by atoms with E-state index in [-0.39, 0.29) is 5.57 Å². The molecule has 1 heterocycles. The molecule has 0 atom stereocenters. The molecular formula is C25H24ClNO4. The molecule has 0 bridgehead atoms. The van der Waals surface area contributed by atoms with Gasteiger partial charge in [-0.05, 0) is 68.2 Å². The molecule has 3 aromatic rings. The summed E-state index contributed by atoms with van der Waals surface area (Å²) < 4.78 is 11.7. The van der Waals surface area contributed by atoms with Gasteiger partial charge in [-0.15, -0.1) is 0 Å². The Morgan fingerprint density at radius 1 is 1.06 bits per heavy atom. The molecule has 3 rings (SSSR count). The molecule has 160 valence electrons. The van der Waals surface area contributed by atoms with Gasteiger partial charge in [0.1, 0.15) is 12.4 Å². The van der Waals surface area contributed by atoms with Crippen LogP contribution in [0.5, 0.6) is 17.4 Å². The Balaban J connectivity index is 1.71. The van der Waals surface area contributed by atoms with Gasteiger partial charge in [0.25, 0.3) is 0 Å². The summed E-state index contributed by atoms with van der Waals surface area (Å²) in [6, 6.07) is 15.2. The molecule has 6 heteroatoms. The van der Waals surface area contributed by atoms with Crippen LogP contribution in [0.3, 0.4) is 0 Å². The molecule has 0 radical (unpaired) electrons. The highest BCUT2D eigenvalue weighted by atomic mass is 35.5. The van der Waals surface area contributed by atoms with Crippen LogP contribution in [0.1, 0.15) is 36.1 Å². The van der Waals surface area contributed by atoms with Gasteiger partial charge in [0.05, 0.1) is 11.2 Å². The molecule has 1 N–H and O–H groups in total. The lowest BCUT2D eigenvalue weighted by atomic mass is 10.00. The fourth-order valence-electron chi connectivity index (χ4n) is 2.92. The monoisotopic (exact) mass is 437 g/mol. The number of carboxylic acids is 1. The number of aliphatic carboxylic acids is 1. The molecule has 0 aliphatic carbocycles. The van der Waals surface area contributed by atoms with Crippen molar-refractivity contribution in [2.45, 2.75) is 34.3 Å². The lowest BCUT2D eigenvalue weighted by Crippen LogP contribution is -2.00. The molecule has 0 spiro atoms. The van der Waals surface area contributed by atoms with Gasteiger partial charge < -0.3 is 14.6 Å². The number of carboxylic acid groups (broad SMARTS) is 1. The fourth-order valence-corrected chi connectivity index (χ4v) is 3.23. The number of rotatable bonds is 7. The number of hydrogen-bond acceptors (Lipinski definition) is 4. The number of hydrogen-bond donors (Lipinski definition) is 1. The van der Waals surface area contributed by atoms with Gasteiger partial charge in [0, 0.05) is 11.6 Å². The highest BCUT2D eigenvalue weighted by Gasteiger charge is 2.14. The van der Waals surface area contributed by atoms with Crippen molar-refractivity contribution in [3.8, 4) is 17.4 Å². The SMILES string of the molecule is C/C(C(=O)O)=C(/C)c1cc(C)c(Oc2ccc(OCc3ccc(C)cc3)cn2)c(Cl)c1. The first kappa shape index (κ1) is 22.4. The average molecular weight is 438 g/mol. The molecule has 0 aliphatic heterocycles. The summed E-state index contributed by atoms with van der Waals surface area (Å²) in [6.07, 6.45) is 1.60. The third kappa shape index (κ3) is 5.64. The molecule has 0 saturated carbocycles. The Morgan fingerprint density at radius 2 is 1.77 bits per heavy atom. The van der Waals surface area contributed by atoms with Crippen molar-refractivity contribution in [2.24, 2.45) is 0 Å². The second kappa shape index (κ2) is 9.67. The maximum Gasteiger partial charge on any atom is 0.331 e. The number of ether oxygens (including phenoxy) is 2. The van der Waals surface area contributed by atoms with Crippen LogP contribution in [0.15, 0.2) is 60.3 Å². The lowest BCUT2D eigenvalue weighted by molar-refractivity contribution is -0.132. The van der Waals surface area contributed by atoms with E-state index in [1.54, 1.807) is 38.2 Å². The summed E-state index contributed by atoms with van der Waals surface area (Å²) in [5, 5.41) is 9.59. The normalized spacial score (nSPS) is 11.6. The van der Waals surface area contributed by atoms with Gasteiger partial charge in [-0.2, -0.15) is 0 Å². The molecule has 1 aromatic heterocycles. The summed E-state index contributed by atoms with van der Waals surface area (Å²) in [4.78, 5) is 15.5. The highest BCUT2D eigenvalue weighted by molar-refractivity contribution is 6.32. The topological polar surface area (TPSA) is 68.7 Å². The summed E-state index contributed by atoms with van der Waals surface area (Å²) in [7, 11) is 0. The van der Waals surface area contributed by atoms with Crippen molar-refractivity contribution in [1.29, 1.82) is 0 Å². The predicted octanol–water partition coefficient (Wildman–Crippen LogP) is 6.60. The largest absolute Gasteiger partial charge is 0.487 e. The first-order valence-electron chi connectivity index (χ1n) is 9.78. The first-order chi connectivity index (χ1) is 14.7. The van der Waals surface area contributed by atoms with Crippen LogP contribution in [0.4, 0.5) is 0 Å². The summed E-state index contributed by atoms with van der Waals surface area (Å²) in [5.74, 6) is 0.540. The van der Waals surface area contributed by atoms with Gasteiger partial charge in [-0.1, -0.05) is 41.4 Å². The molecule has 0 amide bonds. The van der Waals surface area contributed by atoms with Gasteiger partial charge >= 0.3 is 5.97 Å². The van der Waals surface area contributed by atoms with Crippen LogP contribution in [0.25, 0.3) is 5.57 Å². The summed E-state index contributed by atoms with van der Waals surface area (Å²) in [6.45, 7) is 7.68. The Hall–Kier alpha value is -3.31. The lowest BCUT2D eigenvalue weighted by Gasteiger charge is -2.13. The summed E-state index contributed by atoms with van der Waals surface area (Å²) in [5.41, 5.74) is 4.72. The van der Waals surface area contributed by atoms with E-state index in [4.69, 9.17) is 21.1 Å². The molecule has 0 fully saturated rings. The Kier molecular flexibility index (Phi) is 6.98. The van der Waals surface area contributed by atoms with Crippen LogP contribution in [0, 0.1) is 13.8 Å². The second-order valence-electron chi connectivity index (χ2n) is 7.37. The number of allylic oxidation sites excluding steroid dienone is 1. The summed E-state index contributed by atoms with van der Waals surface area (Å²) >= 11 is 6.43. The predicted molar refractivity (Wildman–Crippen MR) is 122 cm³/mol. The number of pyridine rings is 1. The zero-order chi connectivity index (χ0) is 22.5. The van der Waals surface area contributed by atoms with Crippen molar-refractivity contribution in [3.63, 3.8) is 0 Å². The maximum atomic E-state index is 11.2. The second-order valence-corrected chi connectivity index (χ2v) is 7.77. The van der Waals surface area contributed by atoms with Gasteiger partial charge in [-0.25, -0.2) is 9.78 Å². The minimum atomic E-state index is -0.958. The third-order valence-corrected chi connectivity index (χ3v) is 5.27. The van der Waals surface area contributed by atoms with Crippen molar-refractivity contribution in [2.75, 3.05) is 0 Å². The zero-order valence-corrected chi connectivity index (χ0v) is 18.7. The molecule has 0 saturated heterocycles. The zero-order valence-electron chi connectivity index (χ0n) is 17.9. The molecule has 5 nitrogen and oxygen atoms in total. The van der Waals surface area contributed by atoms with Crippen molar-refractivity contribution in [1.82, 2.24) is 4.98 Å². The van der Waals surface area contributed by atoms with Crippen LogP contribution < -0.4 is 9.47 Å². The van der Waals surface area contributed by atoms with E-state index >= 15 is 0 Å². The molecule has 31 heavy (non-hydrogen) atoms. The van der Waals surface area contributed by atoms with Crippen molar-refractivity contribution in [3.05, 3.63) is 87.6 Å². The van der Waals surface area contributed by atoms with Crippen molar-refractivity contribution >= 4 is 23.1 Å². The Morgan fingerprint density at radius 3 is 2.35 bits per heavy atom. The van der Waals surface area contributed by atoms with Gasteiger partial charge in [0.2, 0.25) is 5.88 Å². The maximum absolute atomic E-state index is 11.2. The average Bonchev–Trinajstić information content (AvgIpc) is 2.75. The number of halogens is 1. The smallest absolute Gasteiger partial charge is 0.331 e. The van der Waals surface area contributed by atoms with Crippen LogP contribution in [-0.2, 0) is 11.4 Å². The van der Waals surface area contributed by atoms with Crippen LogP contribution in [0.2, 0.25) is 5.02 Å². The van der Waals surface area contributed by atoms with E-state index in [1.807, 2.05) is 44.2 Å². The van der Waals surface area contributed by atoms with E-state index in [2.05, 4.69) is 4.98 Å². The number of carbonyl (C=O) groups is 1. The molecule has 2 aromatic carbocycles. The van der Waals surface area contributed by atoms with E-state index in [0.717, 1.165) is 16.7 Å². The Bertz CT molecular complexity index is 1100. The standard InChI is InChI=1S/C25H24ClNO4/c1-15-5-7-19(8-6-15)14-30-21-9-10-23(27-13-21)31-24-16(2)11-20(12-22(24)26)17(3)18(4)25(28)29/h5-13H,14H2,1-4H3,(H,28,29)/b18-17+. The quantitative estimate of drug-likeness (QED) is 0.421. The number of aryl methyl sites for hydroxylation is 2. The number of nitrogens with zero attached hydrogens (tertiary/aromatic N) is 1. The third-order valence-electron chi connectivity index (χ3n) is 4.99. The van der Waals surface area contributed by atoms with E-state index in [9.17, 15) is 9.90 Å². The minimum Gasteiger partial charge on any atom is -0.487 e. The fraction of sp³-hybridized carbons (Fsp3) is 0.200. The van der Waals surface area contributed by atoms with Gasteiger partial charge in [0.15, 0.2) is 5.75 Å². The van der Waals surface area contributed by atoms with E-state index in [0.29, 0.717) is 34.6 Å². The van der Waals surface area contributed by atoms with E-state index < -0.39 is 5.97 Å².